The highest BCUT2D eigenvalue weighted by atomic mass is 79.9. The Hall–Kier alpha value is -2.60. The number of benzene rings is 2. The summed E-state index contributed by atoms with van der Waals surface area (Å²) in [5.41, 5.74) is 3.03. The number of aryl methyl sites for hydroxylation is 1. The SMILES string of the molecule is COc1ccc(C)cc1NC(=O)c1cnn(-c2ccc(Br)cc2)c1. The second-order valence-corrected chi connectivity index (χ2v) is 6.22. The molecule has 1 aromatic heterocycles. The minimum absolute atomic E-state index is 0.234. The predicted octanol–water partition coefficient (Wildman–Crippen LogP) is 4.20. The zero-order valence-corrected chi connectivity index (χ0v) is 14.9. The number of rotatable bonds is 4. The molecule has 3 aromatic rings. The monoisotopic (exact) mass is 385 g/mol. The topological polar surface area (TPSA) is 56.1 Å². The smallest absolute Gasteiger partial charge is 0.258 e. The highest BCUT2D eigenvalue weighted by molar-refractivity contribution is 9.10. The Labute approximate surface area is 148 Å². The van der Waals surface area contributed by atoms with Crippen LogP contribution in [-0.2, 0) is 0 Å². The van der Waals surface area contributed by atoms with Crippen LogP contribution >= 0.6 is 15.9 Å². The van der Waals surface area contributed by atoms with Crippen LogP contribution in [0, 0.1) is 6.92 Å². The summed E-state index contributed by atoms with van der Waals surface area (Å²) in [6.45, 7) is 1.96. The van der Waals surface area contributed by atoms with Crippen molar-refractivity contribution in [1.29, 1.82) is 0 Å². The van der Waals surface area contributed by atoms with Crippen molar-refractivity contribution in [2.45, 2.75) is 6.92 Å². The molecule has 0 aliphatic heterocycles. The fourth-order valence-corrected chi connectivity index (χ4v) is 2.55. The quantitative estimate of drug-likeness (QED) is 0.731. The van der Waals surface area contributed by atoms with E-state index in [1.54, 1.807) is 24.2 Å². The number of halogens is 1. The van der Waals surface area contributed by atoms with Crippen molar-refractivity contribution >= 4 is 27.5 Å². The van der Waals surface area contributed by atoms with E-state index < -0.39 is 0 Å². The largest absolute Gasteiger partial charge is 0.495 e. The number of amides is 1. The maximum absolute atomic E-state index is 12.5. The van der Waals surface area contributed by atoms with E-state index in [1.807, 2.05) is 49.4 Å². The standard InChI is InChI=1S/C18H16BrN3O2/c1-12-3-8-17(24-2)16(9-12)21-18(23)13-10-20-22(11-13)15-6-4-14(19)5-7-15/h3-11H,1-2H3,(H,21,23). The number of hydrogen-bond donors (Lipinski definition) is 1. The minimum atomic E-state index is -0.234. The molecule has 0 bridgehead atoms. The zero-order valence-electron chi connectivity index (χ0n) is 13.3. The Balaban J connectivity index is 1.81. The van der Waals surface area contributed by atoms with E-state index in [4.69, 9.17) is 4.74 Å². The molecule has 0 aliphatic carbocycles. The van der Waals surface area contributed by atoms with Crippen molar-refractivity contribution in [3.8, 4) is 11.4 Å². The van der Waals surface area contributed by atoms with Crippen LogP contribution in [0.3, 0.4) is 0 Å². The number of carbonyl (C=O) groups is 1. The molecule has 24 heavy (non-hydrogen) atoms. The molecule has 1 heterocycles. The zero-order chi connectivity index (χ0) is 17.1. The van der Waals surface area contributed by atoms with E-state index in [0.717, 1.165) is 15.7 Å². The predicted molar refractivity (Wildman–Crippen MR) is 96.9 cm³/mol. The number of nitrogens with zero attached hydrogens (tertiary/aromatic N) is 2. The van der Waals surface area contributed by atoms with Crippen molar-refractivity contribution in [3.05, 3.63) is 70.5 Å². The molecular weight excluding hydrogens is 370 g/mol. The third-order valence-electron chi connectivity index (χ3n) is 3.54. The average Bonchev–Trinajstić information content (AvgIpc) is 3.06. The van der Waals surface area contributed by atoms with Gasteiger partial charge < -0.3 is 10.1 Å². The lowest BCUT2D eigenvalue weighted by Gasteiger charge is -2.10. The number of carbonyl (C=O) groups excluding carboxylic acids is 1. The van der Waals surface area contributed by atoms with Crippen molar-refractivity contribution < 1.29 is 9.53 Å². The molecule has 3 rings (SSSR count). The van der Waals surface area contributed by atoms with Gasteiger partial charge in [0, 0.05) is 10.7 Å². The van der Waals surface area contributed by atoms with Gasteiger partial charge in [-0.2, -0.15) is 5.10 Å². The number of methoxy groups -OCH3 is 1. The fourth-order valence-electron chi connectivity index (χ4n) is 2.29. The normalized spacial score (nSPS) is 10.5. The maximum atomic E-state index is 12.5. The molecule has 0 spiro atoms. The summed E-state index contributed by atoms with van der Waals surface area (Å²) in [5.74, 6) is 0.386. The van der Waals surface area contributed by atoms with Gasteiger partial charge in [-0.3, -0.25) is 4.79 Å². The summed E-state index contributed by atoms with van der Waals surface area (Å²) in [7, 11) is 1.58. The van der Waals surface area contributed by atoms with Crippen molar-refractivity contribution in [1.82, 2.24) is 9.78 Å². The summed E-state index contributed by atoms with van der Waals surface area (Å²) in [4.78, 5) is 12.5. The number of anilines is 1. The maximum Gasteiger partial charge on any atom is 0.258 e. The molecule has 2 aromatic carbocycles. The fraction of sp³-hybridized carbons (Fsp3) is 0.111. The first-order valence-corrected chi connectivity index (χ1v) is 8.13. The van der Waals surface area contributed by atoms with Crippen LogP contribution in [0.15, 0.2) is 59.3 Å². The molecule has 0 atom stereocenters. The lowest BCUT2D eigenvalue weighted by molar-refractivity contribution is 0.102. The molecule has 5 nitrogen and oxygen atoms in total. The van der Waals surface area contributed by atoms with Gasteiger partial charge in [-0.05, 0) is 48.9 Å². The number of hydrogen-bond acceptors (Lipinski definition) is 3. The summed E-state index contributed by atoms with van der Waals surface area (Å²) in [6.07, 6.45) is 3.24. The molecule has 1 N–H and O–H groups in total. The van der Waals surface area contributed by atoms with E-state index >= 15 is 0 Å². The van der Waals surface area contributed by atoms with Crippen LogP contribution in [-0.4, -0.2) is 22.8 Å². The Morgan fingerprint density at radius 1 is 1.21 bits per heavy atom. The number of aromatic nitrogens is 2. The van der Waals surface area contributed by atoms with Crippen molar-refractivity contribution in [2.75, 3.05) is 12.4 Å². The van der Waals surface area contributed by atoms with E-state index in [0.29, 0.717) is 17.0 Å². The van der Waals surface area contributed by atoms with Crippen LogP contribution < -0.4 is 10.1 Å². The van der Waals surface area contributed by atoms with Gasteiger partial charge in [-0.25, -0.2) is 4.68 Å². The molecule has 0 radical (unpaired) electrons. The summed E-state index contributed by atoms with van der Waals surface area (Å²) < 4.78 is 7.93. The van der Waals surface area contributed by atoms with Gasteiger partial charge >= 0.3 is 0 Å². The van der Waals surface area contributed by atoms with Gasteiger partial charge in [0.25, 0.3) is 5.91 Å². The minimum Gasteiger partial charge on any atom is -0.495 e. The first kappa shape index (κ1) is 16.3. The van der Waals surface area contributed by atoms with E-state index in [-0.39, 0.29) is 5.91 Å². The molecule has 0 saturated carbocycles. The third kappa shape index (κ3) is 3.49. The molecular formula is C18H16BrN3O2. The molecule has 0 saturated heterocycles. The van der Waals surface area contributed by atoms with Gasteiger partial charge in [0.1, 0.15) is 5.75 Å². The van der Waals surface area contributed by atoms with Gasteiger partial charge in [0.15, 0.2) is 0 Å². The second kappa shape index (κ2) is 6.88. The Morgan fingerprint density at radius 3 is 2.67 bits per heavy atom. The first-order valence-electron chi connectivity index (χ1n) is 7.33. The van der Waals surface area contributed by atoms with E-state index in [1.165, 1.54) is 0 Å². The summed E-state index contributed by atoms with van der Waals surface area (Å²) >= 11 is 3.40. The molecule has 0 fully saturated rings. The summed E-state index contributed by atoms with van der Waals surface area (Å²) in [6, 6.07) is 13.3. The third-order valence-corrected chi connectivity index (χ3v) is 4.07. The Bertz CT molecular complexity index is 872. The number of ether oxygens (including phenoxy) is 1. The van der Waals surface area contributed by atoms with Crippen LogP contribution in [0.25, 0.3) is 5.69 Å². The van der Waals surface area contributed by atoms with Gasteiger partial charge in [0.2, 0.25) is 0 Å². The van der Waals surface area contributed by atoms with Crippen LogP contribution in [0.4, 0.5) is 5.69 Å². The van der Waals surface area contributed by atoms with Gasteiger partial charge in [0.05, 0.1) is 30.2 Å². The van der Waals surface area contributed by atoms with E-state index in [9.17, 15) is 4.79 Å². The number of nitrogens with one attached hydrogen (secondary N) is 1. The molecule has 0 unspecified atom stereocenters. The van der Waals surface area contributed by atoms with Crippen molar-refractivity contribution in [2.24, 2.45) is 0 Å². The molecule has 6 heteroatoms. The average molecular weight is 386 g/mol. The molecule has 1 amide bonds. The second-order valence-electron chi connectivity index (χ2n) is 5.31. The summed E-state index contributed by atoms with van der Waals surface area (Å²) in [5, 5.41) is 7.12. The van der Waals surface area contributed by atoms with Crippen LogP contribution in [0.2, 0.25) is 0 Å². The lowest BCUT2D eigenvalue weighted by Crippen LogP contribution is -2.12. The van der Waals surface area contributed by atoms with Crippen LogP contribution in [0.1, 0.15) is 15.9 Å². The Morgan fingerprint density at radius 2 is 1.96 bits per heavy atom. The van der Waals surface area contributed by atoms with E-state index in [2.05, 4.69) is 26.3 Å². The highest BCUT2D eigenvalue weighted by Gasteiger charge is 2.12. The molecule has 122 valence electrons. The molecule has 0 aliphatic rings. The van der Waals surface area contributed by atoms with Crippen molar-refractivity contribution in [3.63, 3.8) is 0 Å². The highest BCUT2D eigenvalue weighted by Crippen LogP contribution is 2.25. The van der Waals surface area contributed by atoms with Gasteiger partial charge in [-0.1, -0.05) is 22.0 Å². The first-order chi connectivity index (χ1) is 11.6. The Kier molecular flexibility index (Phi) is 4.66. The van der Waals surface area contributed by atoms with Gasteiger partial charge in [-0.15, -0.1) is 0 Å². The lowest BCUT2D eigenvalue weighted by atomic mass is 10.2. The van der Waals surface area contributed by atoms with Crippen LogP contribution in [0.5, 0.6) is 5.75 Å².